The predicted octanol–water partition coefficient (Wildman–Crippen LogP) is 0.781. The van der Waals surface area contributed by atoms with Crippen molar-refractivity contribution in [2.24, 2.45) is 0 Å². The van der Waals surface area contributed by atoms with Crippen LogP contribution in [0.5, 0.6) is 0 Å². The van der Waals surface area contributed by atoms with E-state index in [1.165, 1.54) is 0 Å². The number of thiol groups is 1. The van der Waals surface area contributed by atoms with Crippen molar-refractivity contribution in [3.63, 3.8) is 0 Å². The molecule has 0 aliphatic carbocycles. The van der Waals surface area contributed by atoms with Gasteiger partial charge >= 0.3 is 27.3 Å². The Bertz CT molecular complexity index is 95.6. The van der Waals surface area contributed by atoms with Gasteiger partial charge in [0, 0.05) is 13.1 Å². The van der Waals surface area contributed by atoms with E-state index >= 15 is 0 Å². The molecule has 0 aromatic carbocycles. The number of hydrogen-bond donors (Lipinski definition) is 1. The first kappa shape index (κ1) is 13.8. The third-order valence-electron chi connectivity index (χ3n) is 1.03. The Balaban J connectivity index is 0. The fourth-order valence-electron chi connectivity index (χ4n) is 0.494. The summed E-state index contributed by atoms with van der Waals surface area (Å²) < 4.78 is 0.690. The molecule has 0 aromatic heterocycles. The van der Waals surface area contributed by atoms with Crippen LogP contribution >= 0.6 is 24.8 Å². The fraction of sp³-hybridized carbons (Fsp3) is 0.800. The molecule has 0 aliphatic heterocycles. The van der Waals surface area contributed by atoms with Gasteiger partial charge in [-0.05, 0) is 13.8 Å². The van der Waals surface area contributed by atoms with E-state index in [2.05, 4.69) is 53.8 Å². The van der Waals surface area contributed by atoms with Gasteiger partial charge < -0.3 is 4.90 Å². The van der Waals surface area contributed by atoms with Gasteiger partial charge in [0.2, 0.25) is 0 Å². The zero-order valence-corrected chi connectivity index (χ0v) is 11.2. The summed E-state index contributed by atoms with van der Waals surface area (Å²) in [5, 5.41) is 0. The zero-order valence-electron chi connectivity index (χ0n) is 6.03. The molecule has 0 aromatic rings. The van der Waals surface area contributed by atoms with Crippen LogP contribution in [0.25, 0.3) is 0 Å². The minimum absolute atomic E-state index is 0.690. The molecule has 10 heavy (non-hydrogen) atoms. The Hall–Kier alpha value is 1.28. The van der Waals surface area contributed by atoms with Crippen LogP contribution in [-0.4, -0.2) is 49.6 Å². The van der Waals surface area contributed by atoms with Crippen LogP contribution in [0.3, 0.4) is 0 Å². The summed E-state index contributed by atoms with van der Waals surface area (Å²) in [6.07, 6.45) is 0. The van der Waals surface area contributed by atoms with E-state index in [1.807, 2.05) is 4.90 Å². The van der Waals surface area contributed by atoms with Crippen molar-refractivity contribution >= 4 is 56.5 Å². The molecule has 0 rings (SSSR count). The Morgan fingerprint density at radius 3 is 1.70 bits per heavy atom. The Kier molecular flexibility index (Phi) is 14.2. The van der Waals surface area contributed by atoms with E-state index in [-0.39, 0.29) is 0 Å². The molecule has 0 bridgehead atoms. The summed E-state index contributed by atoms with van der Waals surface area (Å²) in [7, 11) is 0. The Labute approximate surface area is 87.8 Å². The molecule has 0 aliphatic rings. The molecule has 1 nitrogen and oxygen atoms in total. The molecule has 60 valence electrons. The van der Waals surface area contributed by atoms with Crippen molar-refractivity contribution in [2.45, 2.75) is 13.8 Å². The van der Waals surface area contributed by atoms with Gasteiger partial charge in [0.15, 0.2) is 0 Å². The van der Waals surface area contributed by atoms with Gasteiger partial charge in [-0.1, -0.05) is 12.2 Å². The molecule has 0 heterocycles. The Morgan fingerprint density at radius 1 is 1.40 bits per heavy atom. The van der Waals surface area contributed by atoms with Gasteiger partial charge in [-0.3, -0.25) is 0 Å². The van der Waals surface area contributed by atoms with Crippen LogP contribution in [0, 0.1) is 0 Å². The molecular weight excluding hydrogens is 296 g/mol. The van der Waals surface area contributed by atoms with Gasteiger partial charge in [-0.25, -0.2) is 0 Å². The van der Waals surface area contributed by atoms with Crippen LogP contribution in [-0.2, 0) is 0 Å². The third-order valence-corrected chi connectivity index (χ3v) is 1.58. The van der Waals surface area contributed by atoms with E-state index in [0.717, 1.165) is 13.1 Å². The van der Waals surface area contributed by atoms with Gasteiger partial charge in [-0.2, -0.15) is 0 Å². The van der Waals surface area contributed by atoms with Gasteiger partial charge in [0.1, 0.15) is 4.32 Å². The van der Waals surface area contributed by atoms with Crippen molar-refractivity contribution in [2.75, 3.05) is 13.1 Å². The summed E-state index contributed by atoms with van der Waals surface area (Å²) in [5.41, 5.74) is 0. The van der Waals surface area contributed by atoms with E-state index in [0.29, 0.717) is 4.32 Å². The summed E-state index contributed by atoms with van der Waals surface area (Å²) in [6.45, 7) is 6.04. The standard InChI is InChI=1S/C5H11NS2.Se2/c1-3-6(4-2)5(7)8;1-2/h3-4H2,1-2H3,(H,7,8);. The second kappa shape index (κ2) is 10.3. The molecule has 0 N–H and O–H groups in total. The summed E-state index contributed by atoms with van der Waals surface area (Å²) >= 11 is 13.8. The molecule has 0 amide bonds. The van der Waals surface area contributed by atoms with E-state index in [1.54, 1.807) is 0 Å². The molecule has 0 radical (unpaired) electrons. The quantitative estimate of drug-likeness (QED) is 0.456. The van der Waals surface area contributed by atoms with Crippen LogP contribution < -0.4 is 0 Å². The van der Waals surface area contributed by atoms with Crippen molar-refractivity contribution in [3.05, 3.63) is 0 Å². The van der Waals surface area contributed by atoms with Crippen molar-refractivity contribution < 1.29 is 0 Å². The van der Waals surface area contributed by atoms with E-state index < -0.39 is 0 Å². The van der Waals surface area contributed by atoms with Crippen molar-refractivity contribution in [1.82, 2.24) is 4.90 Å². The summed E-state index contributed by atoms with van der Waals surface area (Å²) in [4.78, 5) is 2.01. The average molecular weight is 307 g/mol. The van der Waals surface area contributed by atoms with Crippen molar-refractivity contribution in [1.29, 1.82) is 0 Å². The molecule has 0 unspecified atom stereocenters. The van der Waals surface area contributed by atoms with Gasteiger partial charge in [0.25, 0.3) is 0 Å². The number of thiocarbonyl (C=S) groups is 1. The number of hydrogen-bond acceptors (Lipinski definition) is 1. The fourth-order valence-corrected chi connectivity index (χ4v) is 1.04. The Morgan fingerprint density at radius 2 is 1.70 bits per heavy atom. The molecular formula is C5H11NS2Se2. The van der Waals surface area contributed by atoms with E-state index in [9.17, 15) is 0 Å². The number of rotatable bonds is 2. The first-order valence-electron chi connectivity index (χ1n) is 2.86. The monoisotopic (exact) mass is 309 g/mol. The maximum atomic E-state index is 4.81. The van der Waals surface area contributed by atoms with Crippen LogP contribution in [0.1, 0.15) is 13.8 Å². The van der Waals surface area contributed by atoms with Crippen LogP contribution in [0.15, 0.2) is 0 Å². The second-order valence-electron chi connectivity index (χ2n) is 1.45. The van der Waals surface area contributed by atoms with Crippen LogP contribution in [0.4, 0.5) is 0 Å². The first-order chi connectivity index (χ1) is 4.72. The molecule has 0 atom stereocenters. The predicted molar refractivity (Wildman–Crippen MR) is 56.0 cm³/mol. The molecule has 0 fully saturated rings. The summed E-state index contributed by atoms with van der Waals surface area (Å²) in [6, 6.07) is 0. The maximum absolute atomic E-state index is 4.81. The molecule has 0 saturated carbocycles. The molecule has 0 spiro atoms. The molecule has 0 saturated heterocycles. The normalized spacial score (nSPS) is 7.50. The average Bonchev–Trinajstić information content (AvgIpc) is 1.94. The summed E-state index contributed by atoms with van der Waals surface area (Å²) in [5.74, 6) is 0. The zero-order chi connectivity index (χ0) is 8.57. The van der Waals surface area contributed by atoms with E-state index in [4.69, 9.17) is 12.2 Å². The number of nitrogens with zero attached hydrogens (tertiary/aromatic N) is 1. The third kappa shape index (κ3) is 7.39. The van der Waals surface area contributed by atoms with Crippen LogP contribution in [0.2, 0.25) is 0 Å². The SMILES string of the molecule is CCN(CC)C(=S)S.[Se]=[Se]. The first-order valence-corrected chi connectivity index (χ1v) is 8.05. The second-order valence-corrected chi connectivity index (χ2v) is 2.57. The van der Waals surface area contributed by atoms with Gasteiger partial charge in [0.05, 0.1) is 0 Å². The minimum atomic E-state index is 0.690. The van der Waals surface area contributed by atoms with Gasteiger partial charge in [-0.15, -0.1) is 12.6 Å². The molecule has 5 heteroatoms. The topological polar surface area (TPSA) is 3.24 Å². The van der Waals surface area contributed by atoms with Crippen molar-refractivity contribution in [3.8, 4) is 0 Å².